The van der Waals surface area contributed by atoms with Crippen LogP contribution in [-0.2, 0) is 4.74 Å². The minimum atomic E-state index is -0.357. The lowest BCUT2D eigenvalue weighted by Crippen LogP contribution is -2.45. The van der Waals surface area contributed by atoms with E-state index < -0.39 is 0 Å². The van der Waals surface area contributed by atoms with Gasteiger partial charge >= 0.3 is 6.09 Å². The molecule has 2 N–H and O–H groups in total. The second-order valence-corrected chi connectivity index (χ2v) is 12.1. The molecular formula is C30H45N5O4. The number of aromatic nitrogens is 1. The molecule has 9 nitrogen and oxygen atoms in total. The maximum Gasteiger partial charge on any atom is 0.407 e. The van der Waals surface area contributed by atoms with Crippen molar-refractivity contribution in [3.63, 3.8) is 0 Å². The van der Waals surface area contributed by atoms with Crippen molar-refractivity contribution in [2.24, 2.45) is 11.8 Å². The number of hydrogen-bond donors (Lipinski definition) is 2. The number of pyridine rings is 1. The number of alkyl carbamates (subject to hydrolysis) is 1. The molecule has 1 aliphatic heterocycles. The highest BCUT2D eigenvalue weighted by atomic mass is 16.5. The van der Waals surface area contributed by atoms with Gasteiger partial charge in [-0.25, -0.2) is 9.78 Å². The molecule has 1 aromatic heterocycles. The summed E-state index contributed by atoms with van der Waals surface area (Å²) in [5.41, 5.74) is 1.06. The van der Waals surface area contributed by atoms with Crippen LogP contribution in [0.5, 0.6) is 5.88 Å². The second kappa shape index (κ2) is 13.4. The first kappa shape index (κ1) is 29.1. The molecule has 9 heteroatoms. The molecule has 2 fully saturated rings. The van der Waals surface area contributed by atoms with Gasteiger partial charge in [0.2, 0.25) is 5.88 Å². The van der Waals surface area contributed by atoms with Crippen molar-refractivity contribution in [3.05, 3.63) is 35.9 Å². The summed E-state index contributed by atoms with van der Waals surface area (Å²) in [6, 6.07) is 9.50. The number of hydrogen-bond acceptors (Lipinski definition) is 7. The monoisotopic (exact) mass is 539 g/mol. The van der Waals surface area contributed by atoms with Crippen molar-refractivity contribution in [2.45, 2.75) is 52.0 Å². The lowest BCUT2D eigenvalue weighted by molar-refractivity contribution is 0.0915. The molecule has 0 unspecified atom stereocenters. The van der Waals surface area contributed by atoms with Gasteiger partial charge in [0.1, 0.15) is 6.61 Å². The van der Waals surface area contributed by atoms with Crippen LogP contribution in [0, 0.1) is 11.8 Å². The van der Waals surface area contributed by atoms with Crippen LogP contribution in [0.15, 0.2) is 30.3 Å². The zero-order valence-electron chi connectivity index (χ0n) is 24.0. The van der Waals surface area contributed by atoms with Gasteiger partial charge in [0.25, 0.3) is 5.91 Å². The summed E-state index contributed by atoms with van der Waals surface area (Å²) in [5, 5.41) is 6.82. The summed E-state index contributed by atoms with van der Waals surface area (Å²) in [7, 11) is 2.15. The Morgan fingerprint density at radius 1 is 1.03 bits per heavy atom. The Morgan fingerprint density at radius 3 is 2.44 bits per heavy atom. The van der Waals surface area contributed by atoms with E-state index in [2.05, 4.69) is 32.5 Å². The highest BCUT2D eigenvalue weighted by Gasteiger charge is 2.24. The van der Waals surface area contributed by atoms with Crippen molar-refractivity contribution in [1.29, 1.82) is 0 Å². The van der Waals surface area contributed by atoms with Crippen LogP contribution in [0.3, 0.4) is 0 Å². The average molecular weight is 540 g/mol. The van der Waals surface area contributed by atoms with Gasteiger partial charge in [-0.2, -0.15) is 0 Å². The van der Waals surface area contributed by atoms with Crippen LogP contribution in [0.4, 0.5) is 4.79 Å². The number of benzene rings is 1. The van der Waals surface area contributed by atoms with Crippen LogP contribution in [0.25, 0.3) is 10.9 Å². The molecule has 214 valence electrons. The molecule has 2 amide bonds. The summed E-state index contributed by atoms with van der Waals surface area (Å²) < 4.78 is 11.4. The average Bonchev–Trinajstić information content (AvgIpc) is 2.91. The third-order valence-electron chi connectivity index (χ3n) is 7.64. The van der Waals surface area contributed by atoms with E-state index in [-0.39, 0.29) is 17.5 Å². The van der Waals surface area contributed by atoms with Crippen LogP contribution in [-0.4, -0.2) is 91.9 Å². The molecule has 0 spiro atoms. The standard InChI is InChI=1S/C30H45N5O4/c1-30(2,3)33-29(37)39-21-23-11-9-22(10-12-23)20-31-28(36)25-19-27(32-26-8-6-5-7-24(25)26)38-18-17-35-15-13-34(4)14-16-35/h5-8,19,22-23H,9-18,20-21H2,1-4H3,(H,31,36)(H,33,37). The number of fused-ring (bicyclic) bond motifs is 1. The van der Waals surface area contributed by atoms with Gasteiger partial charge in [0.05, 0.1) is 17.7 Å². The number of rotatable bonds is 9. The molecule has 0 atom stereocenters. The Morgan fingerprint density at radius 2 is 1.72 bits per heavy atom. The summed E-state index contributed by atoms with van der Waals surface area (Å²) in [5.74, 6) is 1.18. The highest BCUT2D eigenvalue weighted by molar-refractivity contribution is 6.06. The fraction of sp³-hybridized carbons (Fsp3) is 0.633. The fourth-order valence-corrected chi connectivity index (χ4v) is 5.23. The Bertz CT molecular complexity index is 1100. The highest BCUT2D eigenvalue weighted by Crippen LogP contribution is 2.29. The molecule has 2 aromatic rings. The van der Waals surface area contributed by atoms with Gasteiger partial charge in [0, 0.05) is 56.3 Å². The number of carbonyl (C=O) groups excluding carboxylic acids is 2. The van der Waals surface area contributed by atoms with Crippen molar-refractivity contribution in [2.75, 3.05) is 59.5 Å². The number of nitrogens with zero attached hydrogens (tertiary/aromatic N) is 3. The summed E-state index contributed by atoms with van der Waals surface area (Å²) >= 11 is 0. The number of carbonyl (C=O) groups is 2. The van der Waals surface area contributed by atoms with E-state index in [1.807, 2.05) is 45.0 Å². The van der Waals surface area contributed by atoms with E-state index >= 15 is 0 Å². The minimum Gasteiger partial charge on any atom is -0.476 e. The Labute approximate surface area is 232 Å². The minimum absolute atomic E-state index is 0.0955. The summed E-state index contributed by atoms with van der Waals surface area (Å²) in [6.45, 7) is 12.5. The lowest BCUT2D eigenvalue weighted by Gasteiger charge is -2.32. The first-order valence-corrected chi connectivity index (χ1v) is 14.3. The van der Waals surface area contributed by atoms with Gasteiger partial charge in [-0.1, -0.05) is 18.2 Å². The molecule has 1 saturated carbocycles. The van der Waals surface area contributed by atoms with Crippen LogP contribution in [0.2, 0.25) is 0 Å². The van der Waals surface area contributed by atoms with Gasteiger partial charge in [-0.3, -0.25) is 9.69 Å². The first-order chi connectivity index (χ1) is 18.7. The first-order valence-electron chi connectivity index (χ1n) is 14.3. The van der Waals surface area contributed by atoms with E-state index in [0.717, 1.165) is 69.3 Å². The topological polar surface area (TPSA) is 96.0 Å². The largest absolute Gasteiger partial charge is 0.476 e. The quantitative estimate of drug-likeness (QED) is 0.499. The molecule has 39 heavy (non-hydrogen) atoms. The summed E-state index contributed by atoms with van der Waals surface area (Å²) in [6.07, 6.45) is 3.64. The van der Waals surface area contributed by atoms with E-state index in [0.29, 0.717) is 43.0 Å². The second-order valence-electron chi connectivity index (χ2n) is 12.1. The summed E-state index contributed by atoms with van der Waals surface area (Å²) in [4.78, 5) is 34.6. The molecule has 2 aliphatic rings. The molecule has 0 bridgehead atoms. The van der Waals surface area contributed by atoms with Gasteiger partial charge < -0.3 is 25.0 Å². The zero-order chi connectivity index (χ0) is 27.8. The van der Waals surface area contributed by atoms with Crippen molar-refractivity contribution >= 4 is 22.9 Å². The van der Waals surface area contributed by atoms with Crippen molar-refractivity contribution in [3.8, 4) is 5.88 Å². The fourth-order valence-electron chi connectivity index (χ4n) is 5.23. The molecule has 0 radical (unpaired) electrons. The SMILES string of the molecule is CN1CCN(CCOc2cc(C(=O)NCC3CCC(COC(=O)NC(C)(C)C)CC3)c3ccccc3n2)CC1. The van der Waals surface area contributed by atoms with E-state index in [4.69, 9.17) is 9.47 Å². The third-order valence-corrected chi connectivity index (χ3v) is 7.64. The molecule has 2 heterocycles. The van der Waals surface area contributed by atoms with E-state index in [9.17, 15) is 9.59 Å². The Balaban J connectivity index is 1.26. The molecule has 1 aliphatic carbocycles. The lowest BCUT2D eigenvalue weighted by atomic mass is 9.82. The van der Waals surface area contributed by atoms with Crippen LogP contribution >= 0.6 is 0 Å². The number of amides is 2. The normalized spacial score (nSPS) is 20.9. The van der Waals surface area contributed by atoms with Crippen LogP contribution < -0.4 is 15.4 Å². The number of likely N-dealkylation sites (N-methyl/N-ethyl adjacent to an activating group) is 1. The number of para-hydroxylation sites is 1. The number of nitrogens with one attached hydrogen (secondary N) is 2. The van der Waals surface area contributed by atoms with E-state index in [1.54, 1.807) is 6.07 Å². The predicted octanol–water partition coefficient (Wildman–Crippen LogP) is 3.92. The Kier molecular flexibility index (Phi) is 10.0. The van der Waals surface area contributed by atoms with Crippen molar-refractivity contribution in [1.82, 2.24) is 25.4 Å². The van der Waals surface area contributed by atoms with Crippen molar-refractivity contribution < 1.29 is 19.1 Å². The predicted molar refractivity (Wildman–Crippen MR) is 153 cm³/mol. The Hall–Kier alpha value is -2.91. The van der Waals surface area contributed by atoms with E-state index in [1.165, 1.54) is 0 Å². The molecular weight excluding hydrogens is 494 g/mol. The van der Waals surface area contributed by atoms with Gasteiger partial charge in [0.15, 0.2) is 0 Å². The van der Waals surface area contributed by atoms with Gasteiger partial charge in [-0.05, 0) is 71.4 Å². The maximum atomic E-state index is 13.3. The molecule has 1 aromatic carbocycles. The number of ether oxygens (including phenoxy) is 2. The number of piperazine rings is 1. The third kappa shape index (κ3) is 9.07. The maximum absolute atomic E-state index is 13.3. The smallest absolute Gasteiger partial charge is 0.407 e. The van der Waals surface area contributed by atoms with Gasteiger partial charge in [-0.15, -0.1) is 0 Å². The van der Waals surface area contributed by atoms with Crippen LogP contribution in [0.1, 0.15) is 56.8 Å². The molecule has 1 saturated heterocycles. The molecule has 4 rings (SSSR count). The zero-order valence-corrected chi connectivity index (χ0v) is 24.0.